The first kappa shape index (κ1) is 66.3. The van der Waals surface area contributed by atoms with Gasteiger partial charge in [0, 0.05) is 19.3 Å². The van der Waals surface area contributed by atoms with Gasteiger partial charge in [-0.1, -0.05) is 244 Å². The molecule has 0 saturated carbocycles. The van der Waals surface area contributed by atoms with Crippen LogP contribution < -0.4 is 0 Å². The Morgan fingerprint density at radius 3 is 1.04 bits per heavy atom. The van der Waals surface area contributed by atoms with Gasteiger partial charge in [-0.15, -0.1) is 0 Å². The second kappa shape index (κ2) is 57.9. The molecular formula is C65H102O6. The van der Waals surface area contributed by atoms with Gasteiger partial charge in [0.2, 0.25) is 0 Å². The van der Waals surface area contributed by atoms with Crippen LogP contribution in [-0.2, 0) is 28.6 Å². The molecule has 1 atom stereocenters. The van der Waals surface area contributed by atoms with Gasteiger partial charge in [0.25, 0.3) is 0 Å². The van der Waals surface area contributed by atoms with Crippen LogP contribution in [-0.4, -0.2) is 37.2 Å². The summed E-state index contributed by atoms with van der Waals surface area (Å²) in [7, 11) is 0. The zero-order valence-corrected chi connectivity index (χ0v) is 45.4. The topological polar surface area (TPSA) is 78.9 Å². The Balaban J connectivity index is 4.54. The third kappa shape index (κ3) is 56.1. The minimum atomic E-state index is -0.818. The standard InChI is InChI=1S/C65H102O6/c1-4-7-10-13-16-19-22-25-28-31-32-35-37-40-43-46-49-52-55-58-64(67)70-61-62(71-65(68)59-56-53-50-47-44-41-38-34-30-27-24-21-18-15-12-9-6-3)60-69-63(66)57-54-51-48-45-42-39-36-33-29-26-23-20-17-14-11-8-5-2/h7,9-10,12,15-21,24-30,32,34-35,38,41,44,62H,4-6,8,11,13-14,22-23,31,33,36-37,39-40,42-43,45-61H2,1-3H3/b10-7-,12-9-,18-15-,19-16-,20-17-,24-21-,28-25-,29-26-,30-27-,35-32-,38-34+,44-41-. The zero-order chi connectivity index (χ0) is 51.4. The van der Waals surface area contributed by atoms with E-state index in [4.69, 9.17) is 14.2 Å². The van der Waals surface area contributed by atoms with Gasteiger partial charge in [-0.25, -0.2) is 0 Å². The molecule has 0 aromatic heterocycles. The van der Waals surface area contributed by atoms with Crippen LogP contribution in [0.3, 0.4) is 0 Å². The van der Waals surface area contributed by atoms with E-state index in [0.29, 0.717) is 19.3 Å². The van der Waals surface area contributed by atoms with Gasteiger partial charge in [0.15, 0.2) is 6.10 Å². The average molecular weight is 980 g/mol. The third-order valence-corrected chi connectivity index (χ3v) is 11.5. The summed E-state index contributed by atoms with van der Waals surface area (Å²) in [6.07, 6.45) is 82.5. The Hall–Kier alpha value is -4.71. The molecule has 0 rings (SSSR count). The summed E-state index contributed by atoms with van der Waals surface area (Å²) in [5.74, 6) is -0.983. The van der Waals surface area contributed by atoms with Crippen molar-refractivity contribution >= 4 is 17.9 Å². The van der Waals surface area contributed by atoms with E-state index < -0.39 is 6.10 Å². The van der Waals surface area contributed by atoms with Gasteiger partial charge in [0.1, 0.15) is 13.2 Å². The number of unbranched alkanes of at least 4 members (excludes halogenated alkanes) is 19. The summed E-state index contributed by atoms with van der Waals surface area (Å²) in [6.45, 7) is 6.29. The first-order valence-electron chi connectivity index (χ1n) is 28.4. The fraction of sp³-hybridized carbons (Fsp3) is 0.585. The SMILES string of the molecule is CC\C=C/C=C\C=C/C=C\C=C\C=C/CCCCCC(=O)OC(COC(=O)CCCCCCCC/C=C\C/C=C\C/C=C\C/C=C\CC)COC(=O)CCCCCCCCC/C=C\C/C=C\CCCCC. The van der Waals surface area contributed by atoms with Crippen molar-refractivity contribution in [1.29, 1.82) is 0 Å². The summed E-state index contributed by atoms with van der Waals surface area (Å²) in [4.78, 5) is 38.2. The van der Waals surface area contributed by atoms with Crippen LogP contribution in [0, 0.1) is 0 Å². The molecule has 0 fully saturated rings. The number of hydrogen-bond acceptors (Lipinski definition) is 6. The molecule has 0 aliphatic heterocycles. The Kier molecular flexibility index (Phi) is 54.0. The van der Waals surface area contributed by atoms with Crippen LogP contribution in [0.4, 0.5) is 0 Å². The van der Waals surface area contributed by atoms with E-state index in [9.17, 15) is 14.4 Å². The summed E-state index contributed by atoms with van der Waals surface area (Å²) in [6, 6.07) is 0. The molecule has 0 aromatic rings. The number of hydrogen-bond donors (Lipinski definition) is 0. The van der Waals surface area contributed by atoms with Gasteiger partial charge in [0.05, 0.1) is 0 Å². The lowest BCUT2D eigenvalue weighted by Crippen LogP contribution is -2.30. The molecule has 0 aromatic carbocycles. The quantitative estimate of drug-likeness (QED) is 0.0199. The molecule has 0 N–H and O–H groups in total. The summed E-state index contributed by atoms with van der Waals surface area (Å²) in [5, 5.41) is 0. The van der Waals surface area contributed by atoms with Crippen molar-refractivity contribution in [2.75, 3.05) is 13.2 Å². The highest BCUT2D eigenvalue weighted by Crippen LogP contribution is 2.14. The smallest absolute Gasteiger partial charge is 0.306 e. The van der Waals surface area contributed by atoms with E-state index >= 15 is 0 Å². The Bertz CT molecular complexity index is 1590. The van der Waals surface area contributed by atoms with Crippen molar-refractivity contribution in [1.82, 2.24) is 0 Å². The lowest BCUT2D eigenvalue weighted by molar-refractivity contribution is -0.167. The largest absolute Gasteiger partial charge is 0.462 e. The Morgan fingerprint density at radius 2 is 0.620 bits per heavy atom. The van der Waals surface area contributed by atoms with E-state index in [2.05, 4.69) is 106 Å². The molecule has 71 heavy (non-hydrogen) atoms. The van der Waals surface area contributed by atoms with Gasteiger partial charge in [-0.2, -0.15) is 0 Å². The predicted octanol–water partition coefficient (Wildman–Crippen LogP) is 19.2. The average Bonchev–Trinajstić information content (AvgIpc) is 3.37. The van der Waals surface area contributed by atoms with Crippen LogP contribution >= 0.6 is 0 Å². The highest BCUT2D eigenvalue weighted by molar-refractivity contribution is 5.71. The molecule has 398 valence electrons. The maximum absolute atomic E-state index is 12.8. The lowest BCUT2D eigenvalue weighted by Gasteiger charge is -2.18. The summed E-state index contributed by atoms with van der Waals surface area (Å²) >= 11 is 0. The third-order valence-electron chi connectivity index (χ3n) is 11.5. The number of esters is 3. The van der Waals surface area contributed by atoms with E-state index in [1.54, 1.807) is 0 Å². The summed E-state index contributed by atoms with van der Waals surface area (Å²) < 4.78 is 16.8. The normalized spacial score (nSPS) is 13.2. The molecular weight excluding hydrogens is 877 g/mol. The van der Waals surface area contributed by atoms with Crippen molar-refractivity contribution in [3.63, 3.8) is 0 Å². The maximum atomic E-state index is 12.8. The molecule has 0 radical (unpaired) electrons. The first-order valence-corrected chi connectivity index (χ1v) is 28.4. The lowest BCUT2D eigenvalue weighted by atomic mass is 10.1. The molecule has 1 unspecified atom stereocenters. The Labute approximate surface area is 436 Å². The molecule has 0 bridgehead atoms. The number of allylic oxidation sites excluding steroid dienone is 24. The van der Waals surface area contributed by atoms with Gasteiger partial charge >= 0.3 is 17.9 Å². The van der Waals surface area contributed by atoms with E-state index in [1.165, 1.54) is 64.2 Å². The highest BCUT2D eigenvalue weighted by Gasteiger charge is 2.19. The number of carbonyl (C=O) groups excluding carboxylic acids is 3. The van der Waals surface area contributed by atoms with Crippen LogP contribution in [0.5, 0.6) is 0 Å². The van der Waals surface area contributed by atoms with E-state index in [1.807, 2.05) is 60.8 Å². The van der Waals surface area contributed by atoms with Crippen LogP contribution in [0.25, 0.3) is 0 Å². The highest BCUT2D eigenvalue weighted by atomic mass is 16.6. The van der Waals surface area contributed by atoms with Gasteiger partial charge < -0.3 is 14.2 Å². The van der Waals surface area contributed by atoms with E-state index in [-0.39, 0.29) is 37.5 Å². The van der Waals surface area contributed by atoms with Crippen molar-refractivity contribution in [2.24, 2.45) is 0 Å². The minimum absolute atomic E-state index is 0.111. The predicted molar refractivity (Wildman–Crippen MR) is 306 cm³/mol. The molecule has 0 aliphatic carbocycles. The second-order valence-corrected chi connectivity index (χ2v) is 18.2. The number of rotatable bonds is 49. The van der Waals surface area contributed by atoms with Crippen molar-refractivity contribution in [2.45, 2.75) is 232 Å². The summed E-state index contributed by atoms with van der Waals surface area (Å²) in [5.41, 5.74) is 0. The van der Waals surface area contributed by atoms with Crippen LogP contribution in [0.2, 0.25) is 0 Å². The van der Waals surface area contributed by atoms with Gasteiger partial charge in [-0.3, -0.25) is 14.4 Å². The Morgan fingerprint density at radius 1 is 0.310 bits per heavy atom. The zero-order valence-electron chi connectivity index (χ0n) is 45.4. The molecule has 0 aliphatic rings. The number of carbonyl (C=O) groups is 3. The minimum Gasteiger partial charge on any atom is -0.462 e. The molecule has 0 heterocycles. The fourth-order valence-corrected chi connectivity index (χ4v) is 7.26. The van der Waals surface area contributed by atoms with Gasteiger partial charge in [-0.05, 0) is 109 Å². The maximum Gasteiger partial charge on any atom is 0.306 e. The fourth-order valence-electron chi connectivity index (χ4n) is 7.26. The van der Waals surface area contributed by atoms with E-state index in [0.717, 1.165) is 116 Å². The molecule has 0 amide bonds. The van der Waals surface area contributed by atoms with Crippen molar-refractivity contribution in [3.05, 3.63) is 146 Å². The molecule has 6 nitrogen and oxygen atoms in total. The first-order chi connectivity index (χ1) is 35.0. The van der Waals surface area contributed by atoms with Crippen molar-refractivity contribution in [3.8, 4) is 0 Å². The van der Waals surface area contributed by atoms with Crippen LogP contribution in [0.1, 0.15) is 226 Å². The molecule has 6 heteroatoms. The molecule has 0 saturated heterocycles. The second-order valence-electron chi connectivity index (χ2n) is 18.2. The van der Waals surface area contributed by atoms with Crippen LogP contribution in [0.15, 0.2) is 146 Å². The number of ether oxygens (including phenoxy) is 3. The monoisotopic (exact) mass is 979 g/mol. The van der Waals surface area contributed by atoms with Crippen molar-refractivity contribution < 1.29 is 28.6 Å². The molecule has 0 spiro atoms.